The van der Waals surface area contributed by atoms with Crippen molar-refractivity contribution in [2.75, 3.05) is 12.8 Å². The first-order valence-electron chi connectivity index (χ1n) is 6.11. The maximum Gasteiger partial charge on any atom is 0.325 e. The quantitative estimate of drug-likeness (QED) is 0.746. The number of carboxylic acids is 1. The van der Waals surface area contributed by atoms with Crippen LogP contribution < -0.4 is 5.32 Å². The second-order valence-electron chi connectivity index (χ2n) is 4.86. The van der Waals surface area contributed by atoms with E-state index in [2.05, 4.69) is 10.3 Å². The number of imide groups is 1. The van der Waals surface area contributed by atoms with Crippen molar-refractivity contribution in [3.63, 3.8) is 0 Å². The zero-order valence-electron chi connectivity index (χ0n) is 11.4. The zero-order valence-corrected chi connectivity index (χ0v) is 12.2. The molecule has 0 radical (unpaired) electrons. The van der Waals surface area contributed by atoms with Crippen molar-refractivity contribution >= 4 is 34.8 Å². The van der Waals surface area contributed by atoms with E-state index in [0.29, 0.717) is 5.17 Å². The summed E-state index contributed by atoms with van der Waals surface area (Å²) in [5, 5.41) is 11.5. The van der Waals surface area contributed by atoms with Crippen molar-refractivity contribution in [2.24, 2.45) is 4.99 Å². The normalized spacial score (nSPS) is 25.7. The molecule has 3 amide bonds. The van der Waals surface area contributed by atoms with Gasteiger partial charge in [-0.3, -0.25) is 14.9 Å². The molecule has 0 saturated carbocycles. The standard InChI is InChI=1S/C11H16N4O4S/c1-5(2)15-7-8(12-11(15)20-4-6(16)17)14(3)10(19)13-9(7)18/h5,7-8H,4H2,1-3H3,(H,16,17)(H,13,18,19). The molecule has 2 aliphatic rings. The number of hydrogen-bond acceptors (Lipinski definition) is 6. The average Bonchev–Trinajstić information content (AvgIpc) is 2.73. The Bertz CT molecular complexity index is 493. The summed E-state index contributed by atoms with van der Waals surface area (Å²) in [5.41, 5.74) is 0. The van der Waals surface area contributed by atoms with Crippen LogP contribution in [0.2, 0.25) is 0 Å². The van der Waals surface area contributed by atoms with Gasteiger partial charge in [0.1, 0.15) is 0 Å². The van der Waals surface area contributed by atoms with Crippen LogP contribution in [0, 0.1) is 0 Å². The summed E-state index contributed by atoms with van der Waals surface area (Å²) in [6.07, 6.45) is -0.602. The van der Waals surface area contributed by atoms with E-state index in [1.54, 1.807) is 11.9 Å². The average molecular weight is 300 g/mol. The minimum absolute atomic E-state index is 0.0302. The lowest BCUT2D eigenvalue weighted by molar-refractivity contribution is -0.134. The molecule has 2 atom stereocenters. The van der Waals surface area contributed by atoms with Gasteiger partial charge in [-0.15, -0.1) is 0 Å². The molecule has 0 aromatic carbocycles. The molecule has 8 nitrogen and oxygen atoms in total. The zero-order chi connectivity index (χ0) is 15.0. The molecular weight excluding hydrogens is 284 g/mol. The van der Waals surface area contributed by atoms with Crippen molar-refractivity contribution in [3.8, 4) is 0 Å². The third-order valence-electron chi connectivity index (χ3n) is 3.14. The SMILES string of the molecule is CC(C)N1C(SCC(=O)O)=NC2C1C(=O)NC(=O)N2C. The fourth-order valence-corrected chi connectivity index (χ4v) is 3.15. The second kappa shape index (κ2) is 5.31. The number of nitrogens with one attached hydrogen (secondary N) is 1. The Balaban J connectivity index is 2.29. The molecule has 2 heterocycles. The Morgan fingerprint density at radius 2 is 2.15 bits per heavy atom. The maximum absolute atomic E-state index is 12.0. The van der Waals surface area contributed by atoms with Gasteiger partial charge in [-0.1, -0.05) is 11.8 Å². The Kier molecular flexibility index (Phi) is 3.89. The van der Waals surface area contributed by atoms with Gasteiger partial charge in [0.15, 0.2) is 17.4 Å². The van der Waals surface area contributed by atoms with Crippen LogP contribution in [0.25, 0.3) is 0 Å². The maximum atomic E-state index is 12.0. The molecule has 0 bridgehead atoms. The van der Waals surface area contributed by atoms with Crippen LogP contribution in [0.3, 0.4) is 0 Å². The number of thioether (sulfide) groups is 1. The number of aliphatic imine (C=N–C) groups is 1. The number of hydrogen-bond donors (Lipinski definition) is 2. The van der Waals surface area contributed by atoms with Crippen LogP contribution >= 0.6 is 11.8 Å². The highest BCUT2D eigenvalue weighted by atomic mass is 32.2. The van der Waals surface area contributed by atoms with Crippen LogP contribution in [0.4, 0.5) is 4.79 Å². The number of amidine groups is 1. The van der Waals surface area contributed by atoms with Gasteiger partial charge >= 0.3 is 12.0 Å². The molecule has 2 rings (SSSR count). The molecular formula is C11H16N4O4S. The minimum Gasteiger partial charge on any atom is -0.481 e. The van der Waals surface area contributed by atoms with Crippen molar-refractivity contribution in [1.82, 2.24) is 15.1 Å². The smallest absolute Gasteiger partial charge is 0.325 e. The lowest BCUT2D eigenvalue weighted by atomic mass is 10.1. The number of carbonyl (C=O) groups excluding carboxylic acids is 2. The molecule has 9 heteroatoms. The molecule has 2 N–H and O–H groups in total. The Morgan fingerprint density at radius 1 is 1.50 bits per heavy atom. The van der Waals surface area contributed by atoms with Gasteiger partial charge in [0.25, 0.3) is 5.91 Å². The van der Waals surface area contributed by atoms with Crippen molar-refractivity contribution in [1.29, 1.82) is 0 Å². The number of carbonyl (C=O) groups is 3. The number of carboxylic acid groups (broad SMARTS) is 1. The third-order valence-corrected chi connectivity index (χ3v) is 4.11. The van der Waals surface area contributed by atoms with Gasteiger partial charge in [0.2, 0.25) is 0 Å². The molecule has 1 saturated heterocycles. The summed E-state index contributed by atoms with van der Waals surface area (Å²) >= 11 is 1.06. The van der Waals surface area contributed by atoms with Crippen LogP contribution in [-0.4, -0.2) is 69.0 Å². The highest BCUT2D eigenvalue weighted by molar-refractivity contribution is 8.14. The molecule has 0 aromatic heterocycles. The number of nitrogens with zero attached hydrogens (tertiary/aromatic N) is 3. The summed E-state index contributed by atoms with van der Waals surface area (Å²) in [7, 11) is 1.56. The number of amides is 3. The van der Waals surface area contributed by atoms with Gasteiger partial charge < -0.3 is 14.9 Å². The van der Waals surface area contributed by atoms with Crippen molar-refractivity contribution < 1.29 is 19.5 Å². The van der Waals surface area contributed by atoms with E-state index in [1.165, 1.54) is 4.90 Å². The first-order valence-corrected chi connectivity index (χ1v) is 7.10. The minimum atomic E-state index is -0.954. The van der Waals surface area contributed by atoms with Gasteiger partial charge in [-0.25, -0.2) is 9.79 Å². The van der Waals surface area contributed by atoms with Crippen LogP contribution in [0.15, 0.2) is 4.99 Å². The van der Waals surface area contributed by atoms with E-state index in [9.17, 15) is 14.4 Å². The number of aliphatic carboxylic acids is 1. The van der Waals surface area contributed by atoms with E-state index in [4.69, 9.17) is 5.11 Å². The first kappa shape index (κ1) is 14.6. The summed E-state index contributed by atoms with van der Waals surface area (Å²) in [4.78, 5) is 41.8. The van der Waals surface area contributed by atoms with E-state index in [-0.39, 0.29) is 11.8 Å². The summed E-state index contributed by atoms with van der Waals surface area (Å²) in [5.74, 6) is -1.49. The summed E-state index contributed by atoms with van der Waals surface area (Å²) in [6, 6.07) is -1.13. The fraction of sp³-hybridized carbons (Fsp3) is 0.636. The topological polar surface area (TPSA) is 102 Å². The highest BCUT2D eigenvalue weighted by Crippen LogP contribution is 2.29. The third kappa shape index (κ3) is 2.45. The molecule has 2 aliphatic heterocycles. The molecule has 0 aliphatic carbocycles. The van der Waals surface area contributed by atoms with Gasteiger partial charge in [0, 0.05) is 13.1 Å². The molecule has 0 spiro atoms. The molecule has 110 valence electrons. The van der Waals surface area contributed by atoms with E-state index >= 15 is 0 Å². The lowest BCUT2D eigenvalue weighted by Gasteiger charge is -2.37. The fourth-order valence-electron chi connectivity index (χ4n) is 2.24. The van der Waals surface area contributed by atoms with E-state index in [0.717, 1.165) is 11.8 Å². The van der Waals surface area contributed by atoms with Gasteiger partial charge in [0.05, 0.1) is 5.75 Å². The first-order chi connectivity index (χ1) is 9.32. The van der Waals surface area contributed by atoms with E-state index in [1.807, 2.05) is 13.8 Å². The largest absolute Gasteiger partial charge is 0.481 e. The summed E-state index contributed by atoms with van der Waals surface area (Å²) in [6.45, 7) is 3.78. The number of rotatable bonds is 3. The monoisotopic (exact) mass is 300 g/mol. The van der Waals surface area contributed by atoms with Crippen LogP contribution in [0.1, 0.15) is 13.8 Å². The highest BCUT2D eigenvalue weighted by Gasteiger charge is 2.49. The molecule has 0 aromatic rings. The van der Waals surface area contributed by atoms with Gasteiger partial charge in [-0.05, 0) is 13.8 Å². The van der Waals surface area contributed by atoms with Crippen LogP contribution in [-0.2, 0) is 9.59 Å². The van der Waals surface area contributed by atoms with Crippen LogP contribution in [0.5, 0.6) is 0 Å². The molecule has 1 fully saturated rings. The summed E-state index contributed by atoms with van der Waals surface area (Å²) < 4.78 is 0. The number of fused-ring (bicyclic) bond motifs is 1. The lowest BCUT2D eigenvalue weighted by Crippen LogP contribution is -2.64. The Hall–Kier alpha value is -1.77. The van der Waals surface area contributed by atoms with Gasteiger partial charge in [-0.2, -0.15) is 0 Å². The molecule has 2 unspecified atom stereocenters. The number of likely N-dealkylation sites (N-methyl/N-ethyl adjacent to an activating group) is 1. The molecule has 20 heavy (non-hydrogen) atoms. The Morgan fingerprint density at radius 3 is 2.70 bits per heavy atom. The second-order valence-corrected chi connectivity index (χ2v) is 5.80. The predicted molar refractivity (Wildman–Crippen MR) is 73.4 cm³/mol. The van der Waals surface area contributed by atoms with Crippen molar-refractivity contribution in [2.45, 2.75) is 32.1 Å². The van der Waals surface area contributed by atoms with E-state index < -0.39 is 30.1 Å². The predicted octanol–water partition coefficient (Wildman–Crippen LogP) is -0.239. The number of urea groups is 1. The van der Waals surface area contributed by atoms with Crippen molar-refractivity contribution in [3.05, 3.63) is 0 Å². The Labute approximate surface area is 120 Å².